The largest absolute Gasteiger partial charge is 0.481 e. The Morgan fingerprint density at radius 2 is 2.15 bits per heavy atom. The van der Waals surface area contributed by atoms with Crippen molar-refractivity contribution in [3.63, 3.8) is 0 Å². The lowest BCUT2D eigenvalue weighted by Crippen LogP contribution is -2.37. The van der Waals surface area contributed by atoms with Crippen LogP contribution in [0.5, 0.6) is 0 Å². The molecule has 0 fully saturated rings. The molecule has 0 aliphatic rings. The predicted octanol–water partition coefficient (Wildman–Crippen LogP) is 2.37. The summed E-state index contributed by atoms with van der Waals surface area (Å²) in [6, 6.07) is 5.04. The van der Waals surface area contributed by atoms with Crippen LogP contribution in [-0.2, 0) is 9.53 Å². The monoisotopic (exact) mass is 344 g/mol. The number of carboxylic acid groups (broad SMARTS) is 1. The molecule has 0 aliphatic carbocycles. The number of aryl methyl sites for hydroxylation is 1. The zero-order valence-corrected chi connectivity index (χ0v) is 12.9. The van der Waals surface area contributed by atoms with Crippen molar-refractivity contribution >= 4 is 33.6 Å². The van der Waals surface area contributed by atoms with Crippen LogP contribution in [0.25, 0.3) is 0 Å². The Kier molecular flexibility index (Phi) is 6.47. The van der Waals surface area contributed by atoms with Gasteiger partial charge < -0.3 is 20.5 Å². The molecule has 0 bridgehead atoms. The molecule has 110 valence electrons. The van der Waals surface area contributed by atoms with Crippen LogP contribution in [0.15, 0.2) is 22.7 Å². The molecule has 0 saturated carbocycles. The third-order valence-corrected chi connectivity index (χ3v) is 3.51. The molecule has 1 atom stereocenters. The summed E-state index contributed by atoms with van der Waals surface area (Å²) in [4.78, 5) is 22.2. The molecule has 2 amide bonds. The summed E-state index contributed by atoms with van der Waals surface area (Å²) in [6.07, 6.45) is -0.713. The van der Waals surface area contributed by atoms with Gasteiger partial charge in [0.1, 0.15) is 0 Å². The molecule has 0 aromatic heterocycles. The van der Waals surface area contributed by atoms with Crippen LogP contribution in [0.1, 0.15) is 12.0 Å². The third kappa shape index (κ3) is 5.58. The fourth-order valence-electron chi connectivity index (χ4n) is 1.49. The quantitative estimate of drug-likeness (QED) is 0.739. The van der Waals surface area contributed by atoms with Gasteiger partial charge in [-0.2, -0.15) is 0 Å². The fourth-order valence-corrected chi connectivity index (χ4v) is 1.86. The second-order valence-electron chi connectivity index (χ2n) is 4.25. The van der Waals surface area contributed by atoms with Gasteiger partial charge in [0.25, 0.3) is 0 Å². The van der Waals surface area contributed by atoms with E-state index in [9.17, 15) is 9.59 Å². The average molecular weight is 345 g/mol. The molecule has 0 spiro atoms. The molecular formula is C13H17BrN2O4. The Morgan fingerprint density at radius 1 is 1.45 bits per heavy atom. The Balaban J connectivity index is 2.46. The molecule has 7 heteroatoms. The van der Waals surface area contributed by atoms with Crippen molar-refractivity contribution in [1.82, 2.24) is 5.32 Å². The summed E-state index contributed by atoms with van der Waals surface area (Å²) in [7, 11) is 1.41. The number of methoxy groups -OCH3 is 1. The first-order chi connectivity index (χ1) is 9.42. The van der Waals surface area contributed by atoms with Crippen LogP contribution < -0.4 is 10.6 Å². The molecule has 1 aromatic rings. The third-order valence-electron chi connectivity index (χ3n) is 2.66. The molecule has 6 nitrogen and oxygen atoms in total. The van der Waals surface area contributed by atoms with E-state index in [1.165, 1.54) is 7.11 Å². The Labute approximate surface area is 125 Å². The van der Waals surface area contributed by atoms with Crippen molar-refractivity contribution in [2.24, 2.45) is 0 Å². The molecular weight excluding hydrogens is 328 g/mol. The number of carboxylic acids is 1. The number of carbonyl (C=O) groups is 2. The molecule has 0 heterocycles. The van der Waals surface area contributed by atoms with Crippen molar-refractivity contribution < 1.29 is 19.4 Å². The Hall–Kier alpha value is -1.60. The van der Waals surface area contributed by atoms with E-state index in [-0.39, 0.29) is 13.0 Å². The van der Waals surface area contributed by atoms with Gasteiger partial charge in [0.15, 0.2) is 0 Å². The topological polar surface area (TPSA) is 87.7 Å². The highest BCUT2D eigenvalue weighted by Crippen LogP contribution is 2.20. The summed E-state index contributed by atoms with van der Waals surface area (Å²) in [6.45, 7) is 2.07. The highest BCUT2D eigenvalue weighted by atomic mass is 79.9. The lowest BCUT2D eigenvalue weighted by atomic mass is 10.2. The van der Waals surface area contributed by atoms with Crippen LogP contribution in [0.2, 0.25) is 0 Å². The molecule has 1 aromatic carbocycles. The van der Waals surface area contributed by atoms with Gasteiger partial charge in [-0.1, -0.05) is 22.0 Å². The highest BCUT2D eigenvalue weighted by molar-refractivity contribution is 9.10. The number of anilines is 1. The number of nitrogens with one attached hydrogen (secondary N) is 2. The van der Waals surface area contributed by atoms with E-state index in [0.29, 0.717) is 5.69 Å². The molecule has 0 saturated heterocycles. The molecule has 1 unspecified atom stereocenters. The van der Waals surface area contributed by atoms with Crippen LogP contribution in [0, 0.1) is 6.92 Å². The van der Waals surface area contributed by atoms with Gasteiger partial charge in [-0.15, -0.1) is 0 Å². The predicted molar refractivity (Wildman–Crippen MR) is 79.0 cm³/mol. The van der Waals surface area contributed by atoms with Gasteiger partial charge in [-0.05, 0) is 24.6 Å². The maximum Gasteiger partial charge on any atom is 0.319 e. The maximum absolute atomic E-state index is 11.7. The summed E-state index contributed by atoms with van der Waals surface area (Å²) >= 11 is 3.38. The second-order valence-corrected chi connectivity index (χ2v) is 5.11. The minimum atomic E-state index is -0.971. The Bertz CT molecular complexity index is 493. The zero-order chi connectivity index (χ0) is 15.1. The summed E-state index contributed by atoms with van der Waals surface area (Å²) < 4.78 is 5.86. The van der Waals surface area contributed by atoms with Crippen LogP contribution in [0.3, 0.4) is 0 Å². The SMILES string of the molecule is COC(CNC(=O)Nc1ccc(C)c(Br)c1)CC(=O)O. The van der Waals surface area contributed by atoms with Gasteiger partial charge in [0, 0.05) is 23.8 Å². The molecule has 1 rings (SSSR count). The highest BCUT2D eigenvalue weighted by Gasteiger charge is 2.13. The second kappa shape index (κ2) is 7.86. The number of halogens is 1. The van der Waals surface area contributed by atoms with E-state index in [1.807, 2.05) is 13.0 Å². The van der Waals surface area contributed by atoms with E-state index in [4.69, 9.17) is 9.84 Å². The van der Waals surface area contributed by atoms with Crippen LogP contribution >= 0.6 is 15.9 Å². The minimum absolute atomic E-state index is 0.127. The minimum Gasteiger partial charge on any atom is -0.481 e. The number of amides is 2. The smallest absolute Gasteiger partial charge is 0.319 e. The van der Waals surface area contributed by atoms with Gasteiger partial charge in [0.05, 0.1) is 12.5 Å². The van der Waals surface area contributed by atoms with E-state index in [1.54, 1.807) is 12.1 Å². The number of aliphatic carboxylic acids is 1. The number of hydrogen-bond acceptors (Lipinski definition) is 3. The molecule has 3 N–H and O–H groups in total. The lowest BCUT2D eigenvalue weighted by Gasteiger charge is -2.14. The zero-order valence-electron chi connectivity index (χ0n) is 11.3. The van der Waals surface area contributed by atoms with E-state index in [2.05, 4.69) is 26.6 Å². The van der Waals surface area contributed by atoms with Crippen LogP contribution in [-0.4, -0.2) is 36.9 Å². The number of urea groups is 1. The van der Waals surface area contributed by atoms with Gasteiger partial charge in [-0.3, -0.25) is 4.79 Å². The maximum atomic E-state index is 11.7. The number of benzene rings is 1. The van der Waals surface area contributed by atoms with Gasteiger partial charge in [0.2, 0.25) is 0 Å². The summed E-state index contributed by atoms with van der Waals surface area (Å²) in [5.74, 6) is -0.971. The van der Waals surface area contributed by atoms with E-state index in [0.717, 1.165) is 10.0 Å². The fraction of sp³-hybridized carbons (Fsp3) is 0.385. The number of ether oxygens (including phenoxy) is 1. The van der Waals surface area contributed by atoms with E-state index >= 15 is 0 Å². The van der Waals surface area contributed by atoms with Crippen molar-refractivity contribution in [3.05, 3.63) is 28.2 Å². The van der Waals surface area contributed by atoms with Crippen molar-refractivity contribution in [1.29, 1.82) is 0 Å². The lowest BCUT2D eigenvalue weighted by molar-refractivity contribution is -0.139. The summed E-state index contributed by atoms with van der Waals surface area (Å²) in [5.41, 5.74) is 1.71. The van der Waals surface area contributed by atoms with Gasteiger partial charge in [-0.25, -0.2) is 4.79 Å². The van der Waals surface area contributed by atoms with Gasteiger partial charge >= 0.3 is 12.0 Å². The average Bonchev–Trinajstić information content (AvgIpc) is 2.38. The van der Waals surface area contributed by atoms with Crippen molar-refractivity contribution in [2.75, 3.05) is 19.0 Å². The molecule has 20 heavy (non-hydrogen) atoms. The van der Waals surface area contributed by atoms with Crippen molar-refractivity contribution in [2.45, 2.75) is 19.4 Å². The molecule has 0 radical (unpaired) electrons. The number of rotatable bonds is 6. The van der Waals surface area contributed by atoms with Crippen LogP contribution in [0.4, 0.5) is 10.5 Å². The van der Waals surface area contributed by atoms with Crippen molar-refractivity contribution in [3.8, 4) is 0 Å². The number of hydrogen-bond donors (Lipinski definition) is 3. The first kappa shape index (κ1) is 16.5. The first-order valence-corrected chi connectivity index (χ1v) is 6.77. The molecule has 0 aliphatic heterocycles. The standard InChI is InChI=1S/C13H17BrN2O4/c1-8-3-4-9(5-11(8)14)16-13(19)15-7-10(20-2)6-12(17)18/h3-5,10H,6-7H2,1-2H3,(H,17,18)(H2,15,16,19). The summed E-state index contributed by atoms with van der Waals surface area (Å²) in [5, 5.41) is 13.9. The Morgan fingerprint density at radius 3 is 2.70 bits per heavy atom. The number of carbonyl (C=O) groups excluding carboxylic acids is 1. The first-order valence-electron chi connectivity index (χ1n) is 5.98. The normalized spacial score (nSPS) is 11.8. The van der Waals surface area contributed by atoms with E-state index < -0.39 is 18.1 Å².